The Morgan fingerprint density at radius 1 is 1.24 bits per heavy atom. The number of thiophene rings is 1. The van der Waals surface area contributed by atoms with Crippen LogP contribution in [0.15, 0.2) is 27.8 Å². The van der Waals surface area contributed by atoms with E-state index in [-0.39, 0.29) is 34.7 Å². The maximum Gasteiger partial charge on any atom is 0.348 e. The molecule has 0 aliphatic heterocycles. The van der Waals surface area contributed by atoms with Gasteiger partial charge in [-0.15, -0.1) is 11.3 Å². The number of fused-ring (bicyclic) bond motifs is 1. The van der Waals surface area contributed by atoms with E-state index in [0.29, 0.717) is 21.4 Å². The first-order valence-electron chi connectivity index (χ1n) is 10.5. The van der Waals surface area contributed by atoms with E-state index < -0.39 is 34.5 Å². The highest BCUT2D eigenvalue weighted by Crippen LogP contribution is 2.30. The number of hydrogen-bond acceptors (Lipinski definition) is 7. The zero-order chi connectivity index (χ0) is 25.4. The number of aromatic nitrogens is 2. The van der Waals surface area contributed by atoms with Crippen LogP contribution in [0.1, 0.15) is 41.6 Å². The van der Waals surface area contributed by atoms with Gasteiger partial charge < -0.3 is 14.6 Å². The van der Waals surface area contributed by atoms with E-state index in [4.69, 9.17) is 9.47 Å². The van der Waals surface area contributed by atoms with E-state index in [1.54, 1.807) is 13.8 Å². The molecule has 0 unspecified atom stereocenters. The molecular formula is C23H25FN2O7S. The van der Waals surface area contributed by atoms with Crippen molar-refractivity contribution >= 4 is 33.5 Å². The lowest BCUT2D eigenvalue weighted by molar-refractivity contribution is -0.146. The molecule has 0 aliphatic carbocycles. The van der Waals surface area contributed by atoms with Gasteiger partial charge in [0.1, 0.15) is 26.8 Å². The van der Waals surface area contributed by atoms with Gasteiger partial charge in [0.05, 0.1) is 19.1 Å². The number of carbonyl (C=O) groups excluding carboxylic acids is 1. The second-order valence-electron chi connectivity index (χ2n) is 8.10. The Balaban J connectivity index is 2.31. The molecule has 0 saturated heterocycles. The lowest BCUT2D eigenvalue weighted by Crippen LogP contribution is -2.52. The molecule has 0 spiro atoms. The Hall–Kier alpha value is -3.47. The fourth-order valence-electron chi connectivity index (χ4n) is 3.70. The number of methoxy groups -OCH3 is 1. The summed E-state index contributed by atoms with van der Waals surface area (Å²) in [7, 11) is 1.44. The highest BCUT2D eigenvalue weighted by Gasteiger charge is 2.35. The molecule has 3 aromatic rings. The smallest absolute Gasteiger partial charge is 0.348 e. The molecule has 0 amide bonds. The minimum Gasteiger partial charge on any atom is -0.496 e. The van der Waals surface area contributed by atoms with Crippen molar-refractivity contribution in [3.05, 3.63) is 60.9 Å². The summed E-state index contributed by atoms with van der Waals surface area (Å²) in [6.07, 6.45) is 0.146. The van der Waals surface area contributed by atoms with Crippen molar-refractivity contribution in [2.75, 3.05) is 13.7 Å². The van der Waals surface area contributed by atoms with Gasteiger partial charge in [0, 0.05) is 6.54 Å². The number of rotatable bonds is 8. The third kappa shape index (κ3) is 4.23. The molecule has 0 radical (unpaired) electrons. The molecule has 34 heavy (non-hydrogen) atoms. The minimum atomic E-state index is -1.86. The Morgan fingerprint density at radius 3 is 2.50 bits per heavy atom. The van der Waals surface area contributed by atoms with Gasteiger partial charge in [-0.25, -0.2) is 23.3 Å². The minimum absolute atomic E-state index is 0.0205. The van der Waals surface area contributed by atoms with Crippen LogP contribution >= 0.6 is 11.3 Å². The Morgan fingerprint density at radius 2 is 1.91 bits per heavy atom. The summed E-state index contributed by atoms with van der Waals surface area (Å²) in [5.74, 6) is -2.08. The molecule has 1 N–H and O–H groups in total. The van der Waals surface area contributed by atoms with Crippen molar-refractivity contribution in [2.45, 2.75) is 46.2 Å². The number of nitrogens with zero attached hydrogens (tertiary/aromatic N) is 2. The summed E-state index contributed by atoms with van der Waals surface area (Å²) in [5.41, 5.74) is -2.74. The third-order valence-corrected chi connectivity index (χ3v) is 6.90. The summed E-state index contributed by atoms with van der Waals surface area (Å²) in [6.45, 7) is 5.79. The van der Waals surface area contributed by atoms with Crippen LogP contribution in [0, 0.1) is 12.7 Å². The quantitative estimate of drug-likeness (QED) is 0.481. The number of esters is 1. The molecule has 0 bridgehead atoms. The monoisotopic (exact) mass is 492 g/mol. The van der Waals surface area contributed by atoms with E-state index in [9.17, 15) is 28.7 Å². The van der Waals surface area contributed by atoms with E-state index in [2.05, 4.69) is 0 Å². The molecular weight excluding hydrogens is 467 g/mol. The normalized spacial score (nSPS) is 11.6. The summed E-state index contributed by atoms with van der Waals surface area (Å²) in [6, 6.07) is 3.99. The maximum absolute atomic E-state index is 13.8. The van der Waals surface area contributed by atoms with Crippen molar-refractivity contribution in [1.82, 2.24) is 9.13 Å². The molecule has 182 valence electrons. The van der Waals surface area contributed by atoms with Crippen LogP contribution in [0.25, 0.3) is 10.2 Å². The van der Waals surface area contributed by atoms with Crippen LogP contribution < -0.4 is 16.0 Å². The van der Waals surface area contributed by atoms with Gasteiger partial charge in [0.2, 0.25) is 0 Å². The second kappa shape index (κ2) is 9.41. The van der Waals surface area contributed by atoms with Gasteiger partial charge in [-0.1, -0.05) is 0 Å². The molecule has 0 saturated carbocycles. The average molecular weight is 493 g/mol. The summed E-state index contributed by atoms with van der Waals surface area (Å²) in [5, 5.41) is 9.77. The fourth-order valence-corrected chi connectivity index (χ4v) is 4.91. The Bertz CT molecular complexity index is 1400. The van der Waals surface area contributed by atoms with Crippen LogP contribution in [0.3, 0.4) is 0 Å². The molecule has 2 aromatic heterocycles. The second-order valence-corrected chi connectivity index (χ2v) is 9.10. The van der Waals surface area contributed by atoms with Crippen molar-refractivity contribution in [1.29, 1.82) is 0 Å². The standard InChI is InChI=1S/C23H25FN2O7S/c1-6-33-20(28)17-12(2)16-18(27)26(23(3,4)21(29)30)22(31)25(19(16)34-17)10-9-13-11-14(24)7-8-15(13)32-5/h7-8,11H,6,9-10H2,1-5H3,(H,29,30). The summed E-state index contributed by atoms with van der Waals surface area (Å²) < 4.78 is 26.1. The molecule has 0 fully saturated rings. The largest absolute Gasteiger partial charge is 0.496 e. The fraction of sp³-hybridized carbons (Fsp3) is 0.391. The molecule has 3 rings (SSSR count). The van der Waals surface area contributed by atoms with Gasteiger partial charge in [0.15, 0.2) is 0 Å². The van der Waals surface area contributed by atoms with Crippen molar-refractivity contribution < 1.29 is 28.6 Å². The topological polar surface area (TPSA) is 117 Å². The van der Waals surface area contributed by atoms with E-state index >= 15 is 0 Å². The van der Waals surface area contributed by atoms with Crippen molar-refractivity contribution in [2.24, 2.45) is 0 Å². The zero-order valence-electron chi connectivity index (χ0n) is 19.4. The third-order valence-electron chi connectivity index (χ3n) is 5.60. The highest BCUT2D eigenvalue weighted by molar-refractivity contribution is 7.20. The van der Waals surface area contributed by atoms with Crippen LogP contribution in [-0.2, 0) is 28.0 Å². The van der Waals surface area contributed by atoms with E-state index in [0.717, 1.165) is 11.3 Å². The number of carbonyl (C=O) groups is 2. The van der Waals surface area contributed by atoms with Gasteiger partial charge >= 0.3 is 17.6 Å². The van der Waals surface area contributed by atoms with Gasteiger partial charge in [-0.3, -0.25) is 9.36 Å². The SMILES string of the molecule is CCOC(=O)c1sc2c(c1C)c(=O)n(C(C)(C)C(=O)O)c(=O)n2CCc1cc(F)ccc1OC. The number of hydrogen-bond donors (Lipinski definition) is 1. The van der Waals surface area contributed by atoms with Crippen molar-refractivity contribution in [3.63, 3.8) is 0 Å². The number of carboxylic acid groups (broad SMARTS) is 1. The van der Waals surface area contributed by atoms with Gasteiger partial charge in [-0.2, -0.15) is 0 Å². The van der Waals surface area contributed by atoms with E-state index in [1.165, 1.54) is 43.7 Å². The number of halogens is 1. The van der Waals surface area contributed by atoms with Gasteiger partial charge in [0.25, 0.3) is 5.56 Å². The van der Waals surface area contributed by atoms with Crippen LogP contribution in [0.4, 0.5) is 4.39 Å². The predicted octanol–water partition coefficient (Wildman–Crippen LogP) is 2.92. The van der Waals surface area contributed by atoms with Crippen LogP contribution in [-0.4, -0.2) is 39.9 Å². The maximum atomic E-state index is 13.8. The molecule has 2 heterocycles. The molecule has 0 atom stereocenters. The van der Waals surface area contributed by atoms with Crippen LogP contribution in [0.2, 0.25) is 0 Å². The lowest BCUT2D eigenvalue weighted by atomic mass is 10.1. The average Bonchev–Trinajstić information content (AvgIpc) is 3.11. The molecule has 1 aromatic carbocycles. The van der Waals surface area contributed by atoms with E-state index in [1.807, 2.05) is 0 Å². The molecule has 9 nitrogen and oxygen atoms in total. The summed E-state index contributed by atoms with van der Waals surface area (Å²) in [4.78, 5) is 51.6. The first-order chi connectivity index (χ1) is 15.9. The molecule has 0 aliphatic rings. The lowest BCUT2D eigenvalue weighted by Gasteiger charge is -2.23. The van der Waals surface area contributed by atoms with Gasteiger partial charge in [-0.05, 0) is 63.4 Å². The number of carboxylic acids is 1. The number of aliphatic carboxylic acids is 1. The number of ether oxygens (including phenoxy) is 2. The highest BCUT2D eigenvalue weighted by atomic mass is 32.1. The Labute approximate surface area is 198 Å². The number of aryl methyl sites for hydroxylation is 3. The van der Waals surface area contributed by atoms with Crippen LogP contribution in [0.5, 0.6) is 5.75 Å². The summed E-state index contributed by atoms with van der Waals surface area (Å²) >= 11 is 0.925. The number of benzene rings is 1. The predicted molar refractivity (Wildman–Crippen MR) is 125 cm³/mol. The Kier molecular flexibility index (Phi) is 6.97. The van der Waals surface area contributed by atoms with Crippen molar-refractivity contribution in [3.8, 4) is 5.75 Å². The molecule has 11 heteroatoms. The first kappa shape index (κ1) is 25.2. The first-order valence-corrected chi connectivity index (χ1v) is 11.3. The zero-order valence-corrected chi connectivity index (χ0v) is 20.2.